The summed E-state index contributed by atoms with van der Waals surface area (Å²) in [6.07, 6.45) is 0. The molecule has 5 heteroatoms. The molecule has 0 radical (unpaired) electrons. The van der Waals surface area contributed by atoms with Crippen LogP contribution in [0, 0.1) is 0 Å². The Balaban J connectivity index is 1.96. The van der Waals surface area contributed by atoms with Gasteiger partial charge in [-0.25, -0.2) is 0 Å². The first-order valence-corrected chi connectivity index (χ1v) is 7.24. The Bertz CT molecular complexity index is 890. The quantitative estimate of drug-likeness (QED) is 0.462. The van der Waals surface area contributed by atoms with Crippen molar-refractivity contribution in [1.29, 1.82) is 0 Å². The standard InChI is InChI=1S/C18H16N4O/c19-11-1-5-14(6-2-11)22-15-7-3-13(21)10-18(15)23-17-8-4-12(20)9-16(17)22/h1-10H,19-21H2. The Labute approximate surface area is 133 Å². The lowest BCUT2D eigenvalue weighted by Gasteiger charge is -2.33. The third-order valence-corrected chi connectivity index (χ3v) is 3.82. The van der Waals surface area contributed by atoms with Gasteiger partial charge in [-0.2, -0.15) is 0 Å². The number of rotatable bonds is 1. The van der Waals surface area contributed by atoms with E-state index >= 15 is 0 Å². The number of anilines is 6. The van der Waals surface area contributed by atoms with E-state index in [2.05, 4.69) is 4.90 Å². The number of nitrogens with zero attached hydrogens (tertiary/aromatic N) is 1. The molecule has 0 amide bonds. The van der Waals surface area contributed by atoms with Crippen molar-refractivity contribution in [1.82, 2.24) is 0 Å². The lowest BCUT2D eigenvalue weighted by atomic mass is 10.1. The van der Waals surface area contributed by atoms with Gasteiger partial charge >= 0.3 is 0 Å². The maximum Gasteiger partial charge on any atom is 0.153 e. The fourth-order valence-electron chi connectivity index (χ4n) is 2.74. The van der Waals surface area contributed by atoms with E-state index in [1.54, 1.807) is 0 Å². The van der Waals surface area contributed by atoms with Gasteiger partial charge in [-0.1, -0.05) is 0 Å². The van der Waals surface area contributed by atoms with E-state index < -0.39 is 0 Å². The minimum absolute atomic E-state index is 0.653. The molecule has 3 aromatic rings. The van der Waals surface area contributed by atoms with Gasteiger partial charge in [-0.05, 0) is 54.6 Å². The van der Waals surface area contributed by atoms with Gasteiger partial charge in [0.1, 0.15) is 0 Å². The van der Waals surface area contributed by atoms with Gasteiger partial charge in [-0.15, -0.1) is 0 Å². The van der Waals surface area contributed by atoms with Gasteiger partial charge in [0.15, 0.2) is 11.5 Å². The van der Waals surface area contributed by atoms with Crippen molar-refractivity contribution < 1.29 is 4.74 Å². The monoisotopic (exact) mass is 304 g/mol. The summed E-state index contributed by atoms with van der Waals surface area (Å²) in [7, 11) is 0. The third-order valence-electron chi connectivity index (χ3n) is 3.82. The average molecular weight is 304 g/mol. The van der Waals surface area contributed by atoms with E-state index in [-0.39, 0.29) is 0 Å². The first-order valence-electron chi connectivity index (χ1n) is 7.24. The zero-order chi connectivity index (χ0) is 16.0. The summed E-state index contributed by atoms with van der Waals surface area (Å²) < 4.78 is 5.99. The minimum atomic E-state index is 0.653. The molecule has 6 N–H and O–H groups in total. The van der Waals surface area contributed by atoms with Crippen LogP contribution < -0.4 is 26.8 Å². The molecule has 0 fully saturated rings. The molecular weight excluding hydrogens is 288 g/mol. The molecule has 1 aliphatic rings. The van der Waals surface area contributed by atoms with Crippen LogP contribution in [-0.2, 0) is 0 Å². The van der Waals surface area contributed by atoms with Crippen LogP contribution in [0.2, 0.25) is 0 Å². The molecule has 3 aromatic carbocycles. The van der Waals surface area contributed by atoms with Gasteiger partial charge in [0.2, 0.25) is 0 Å². The highest BCUT2D eigenvalue weighted by Crippen LogP contribution is 2.51. The molecule has 0 bridgehead atoms. The van der Waals surface area contributed by atoms with Crippen LogP contribution in [-0.4, -0.2) is 0 Å². The van der Waals surface area contributed by atoms with E-state index in [4.69, 9.17) is 21.9 Å². The van der Waals surface area contributed by atoms with Crippen molar-refractivity contribution in [2.75, 3.05) is 22.1 Å². The Kier molecular flexibility index (Phi) is 2.81. The third kappa shape index (κ3) is 2.19. The van der Waals surface area contributed by atoms with Gasteiger partial charge in [-0.3, -0.25) is 0 Å². The molecule has 23 heavy (non-hydrogen) atoms. The predicted molar refractivity (Wildman–Crippen MR) is 94.4 cm³/mol. The van der Waals surface area contributed by atoms with E-state index in [1.165, 1.54) is 0 Å². The number of nitrogens with two attached hydrogens (primary N) is 3. The molecule has 1 heterocycles. The first kappa shape index (κ1) is 13.3. The predicted octanol–water partition coefficient (Wildman–Crippen LogP) is 4.01. The largest absolute Gasteiger partial charge is 0.453 e. The molecular formula is C18H16N4O. The zero-order valence-corrected chi connectivity index (χ0v) is 12.4. The van der Waals surface area contributed by atoms with Crippen LogP contribution in [0.1, 0.15) is 0 Å². The topological polar surface area (TPSA) is 90.5 Å². The number of fused-ring (bicyclic) bond motifs is 2. The second kappa shape index (κ2) is 4.84. The summed E-state index contributed by atoms with van der Waals surface area (Å²) in [5, 5.41) is 0. The molecule has 0 saturated carbocycles. The second-order valence-corrected chi connectivity index (χ2v) is 5.48. The number of nitrogen functional groups attached to an aromatic ring is 3. The summed E-state index contributed by atoms with van der Waals surface area (Å²) in [5.74, 6) is 1.44. The van der Waals surface area contributed by atoms with Crippen LogP contribution in [0.15, 0.2) is 60.7 Å². The van der Waals surface area contributed by atoms with Crippen molar-refractivity contribution in [3.8, 4) is 11.5 Å². The molecule has 0 saturated heterocycles. The van der Waals surface area contributed by atoms with Crippen molar-refractivity contribution >= 4 is 34.1 Å². The smallest absolute Gasteiger partial charge is 0.153 e. The van der Waals surface area contributed by atoms with Crippen LogP contribution in [0.4, 0.5) is 34.1 Å². The number of benzene rings is 3. The van der Waals surface area contributed by atoms with E-state index in [1.807, 2.05) is 60.7 Å². The van der Waals surface area contributed by atoms with Crippen LogP contribution >= 0.6 is 0 Å². The molecule has 1 aliphatic heterocycles. The summed E-state index contributed by atoms with van der Waals surface area (Å²) >= 11 is 0. The first-order chi connectivity index (χ1) is 11.1. The molecule has 0 aliphatic carbocycles. The lowest BCUT2D eigenvalue weighted by molar-refractivity contribution is 0.477. The number of hydrogen-bond acceptors (Lipinski definition) is 5. The highest BCUT2D eigenvalue weighted by molar-refractivity contribution is 5.88. The van der Waals surface area contributed by atoms with E-state index in [0.29, 0.717) is 22.8 Å². The Morgan fingerprint density at radius 2 is 1.26 bits per heavy atom. The molecule has 0 aromatic heterocycles. The van der Waals surface area contributed by atoms with E-state index in [9.17, 15) is 0 Å². The van der Waals surface area contributed by atoms with Crippen molar-refractivity contribution in [3.05, 3.63) is 60.7 Å². The van der Waals surface area contributed by atoms with E-state index in [0.717, 1.165) is 22.8 Å². The molecule has 0 spiro atoms. The molecule has 0 atom stereocenters. The summed E-state index contributed by atoms with van der Waals surface area (Å²) in [5.41, 5.74) is 22.5. The Morgan fingerprint density at radius 1 is 0.609 bits per heavy atom. The normalized spacial score (nSPS) is 12.3. The second-order valence-electron chi connectivity index (χ2n) is 5.48. The fraction of sp³-hybridized carbons (Fsp3) is 0. The SMILES string of the molecule is Nc1ccc(N2c3ccc(N)cc3Oc3ccc(N)cc32)cc1. The lowest BCUT2D eigenvalue weighted by Crippen LogP contribution is -2.16. The maximum atomic E-state index is 5.99. The Morgan fingerprint density at radius 3 is 2.04 bits per heavy atom. The maximum absolute atomic E-state index is 5.99. The summed E-state index contributed by atoms with van der Waals surface area (Å²) in [6.45, 7) is 0. The van der Waals surface area contributed by atoms with Gasteiger partial charge in [0, 0.05) is 28.8 Å². The summed E-state index contributed by atoms with van der Waals surface area (Å²) in [6, 6.07) is 18.8. The average Bonchev–Trinajstić information content (AvgIpc) is 2.54. The van der Waals surface area contributed by atoms with Crippen molar-refractivity contribution in [3.63, 3.8) is 0 Å². The van der Waals surface area contributed by atoms with Crippen molar-refractivity contribution in [2.24, 2.45) is 0 Å². The fourth-order valence-corrected chi connectivity index (χ4v) is 2.74. The number of ether oxygens (including phenoxy) is 1. The van der Waals surface area contributed by atoms with Gasteiger partial charge < -0.3 is 26.8 Å². The number of hydrogen-bond donors (Lipinski definition) is 3. The zero-order valence-electron chi connectivity index (χ0n) is 12.4. The van der Waals surface area contributed by atoms with Crippen molar-refractivity contribution in [2.45, 2.75) is 0 Å². The van der Waals surface area contributed by atoms with Crippen LogP contribution in [0.5, 0.6) is 11.5 Å². The Hall–Kier alpha value is -3.34. The van der Waals surface area contributed by atoms with Gasteiger partial charge in [0.25, 0.3) is 0 Å². The molecule has 4 rings (SSSR count). The van der Waals surface area contributed by atoms with Gasteiger partial charge in [0.05, 0.1) is 11.4 Å². The van der Waals surface area contributed by atoms with Crippen LogP contribution in [0.3, 0.4) is 0 Å². The summed E-state index contributed by atoms with van der Waals surface area (Å²) in [4.78, 5) is 2.09. The highest BCUT2D eigenvalue weighted by atomic mass is 16.5. The van der Waals surface area contributed by atoms with Crippen LogP contribution in [0.25, 0.3) is 0 Å². The molecule has 114 valence electrons. The highest BCUT2D eigenvalue weighted by Gasteiger charge is 2.26. The molecule has 5 nitrogen and oxygen atoms in total. The molecule has 0 unspecified atom stereocenters. The minimum Gasteiger partial charge on any atom is -0.453 e.